The third kappa shape index (κ3) is 3.88. The average molecular weight is 428 g/mol. The number of ether oxygens (including phenoxy) is 1. The second kappa shape index (κ2) is 8.20. The Hall–Kier alpha value is -1.70. The highest BCUT2D eigenvalue weighted by Crippen LogP contribution is 2.37. The van der Waals surface area contributed by atoms with Crippen LogP contribution in [0.5, 0.6) is 0 Å². The SMILES string of the molecule is CC1CCc2c(sc3nc(SCc4cccnc4)n(CC4CCCO4)c(=O)c23)C1. The van der Waals surface area contributed by atoms with Crippen molar-refractivity contribution in [1.82, 2.24) is 14.5 Å². The summed E-state index contributed by atoms with van der Waals surface area (Å²) >= 11 is 3.35. The predicted octanol–water partition coefficient (Wildman–Crippen LogP) is 4.45. The van der Waals surface area contributed by atoms with Crippen LogP contribution in [0.1, 0.15) is 42.2 Å². The highest BCUT2D eigenvalue weighted by atomic mass is 32.2. The minimum Gasteiger partial charge on any atom is -0.376 e. The van der Waals surface area contributed by atoms with E-state index < -0.39 is 0 Å². The number of rotatable bonds is 5. The molecular formula is C22H25N3O2S2. The first kappa shape index (κ1) is 19.3. The lowest BCUT2D eigenvalue weighted by Gasteiger charge is -2.18. The van der Waals surface area contributed by atoms with Gasteiger partial charge in [0.2, 0.25) is 0 Å². The fourth-order valence-electron chi connectivity index (χ4n) is 4.30. The molecule has 2 unspecified atom stereocenters. The van der Waals surface area contributed by atoms with Crippen LogP contribution in [0, 0.1) is 5.92 Å². The van der Waals surface area contributed by atoms with E-state index in [0.717, 1.165) is 65.4 Å². The number of pyridine rings is 1. The molecule has 0 spiro atoms. The van der Waals surface area contributed by atoms with E-state index in [1.807, 2.05) is 16.8 Å². The zero-order chi connectivity index (χ0) is 19.8. The summed E-state index contributed by atoms with van der Waals surface area (Å²) < 4.78 is 7.73. The zero-order valence-electron chi connectivity index (χ0n) is 16.6. The summed E-state index contributed by atoms with van der Waals surface area (Å²) in [4.78, 5) is 25.1. The standard InChI is InChI=1S/C22H25N3O2S2/c1-14-6-7-17-18(10-14)29-20-19(17)21(26)25(12-16-5-3-9-27-16)22(24-20)28-13-15-4-2-8-23-11-15/h2,4,8,11,14,16H,3,5-7,9-10,12-13H2,1H3. The summed E-state index contributed by atoms with van der Waals surface area (Å²) in [6, 6.07) is 4.01. The van der Waals surface area contributed by atoms with Gasteiger partial charge in [-0.2, -0.15) is 0 Å². The van der Waals surface area contributed by atoms with Crippen LogP contribution in [0.2, 0.25) is 0 Å². The number of thioether (sulfide) groups is 1. The van der Waals surface area contributed by atoms with Crippen LogP contribution in [0.15, 0.2) is 34.5 Å². The lowest BCUT2D eigenvalue weighted by molar-refractivity contribution is 0.0937. The van der Waals surface area contributed by atoms with Crippen LogP contribution in [-0.2, 0) is 29.9 Å². The first-order valence-electron chi connectivity index (χ1n) is 10.4. The molecule has 2 aliphatic rings. The van der Waals surface area contributed by atoms with E-state index in [4.69, 9.17) is 9.72 Å². The van der Waals surface area contributed by atoms with E-state index in [1.54, 1.807) is 29.3 Å². The van der Waals surface area contributed by atoms with Gasteiger partial charge in [0.1, 0.15) is 4.83 Å². The van der Waals surface area contributed by atoms with Gasteiger partial charge in [-0.05, 0) is 55.2 Å². The Bertz CT molecular complexity index is 1070. The third-order valence-electron chi connectivity index (χ3n) is 5.88. The maximum Gasteiger partial charge on any atom is 0.263 e. The van der Waals surface area contributed by atoms with E-state index in [1.165, 1.54) is 10.4 Å². The highest BCUT2D eigenvalue weighted by Gasteiger charge is 2.26. The van der Waals surface area contributed by atoms with Gasteiger partial charge in [0.25, 0.3) is 5.56 Å². The lowest BCUT2D eigenvalue weighted by atomic mass is 9.89. The molecule has 1 aliphatic heterocycles. The van der Waals surface area contributed by atoms with Crippen LogP contribution in [0.25, 0.3) is 10.2 Å². The van der Waals surface area contributed by atoms with Crippen molar-refractivity contribution in [3.05, 3.63) is 50.9 Å². The molecule has 2 atom stereocenters. The third-order valence-corrected chi connectivity index (χ3v) is 8.08. The number of nitrogens with zero attached hydrogens (tertiary/aromatic N) is 3. The van der Waals surface area contributed by atoms with Crippen LogP contribution < -0.4 is 5.56 Å². The van der Waals surface area contributed by atoms with Gasteiger partial charge >= 0.3 is 0 Å². The Labute approximate surface area is 178 Å². The molecule has 3 aromatic heterocycles. The maximum absolute atomic E-state index is 13.6. The monoisotopic (exact) mass is 427 g/mol. The van der Waals surface area contributed by atoms with Crippen LogP contribution in [-0.4, -0.2) is 27.2 Å². The van der Waals surface area contributed by atoms with Gasteiger partial charge in [-0.3, -0.25) is 14.3 Å². The van der Waals surface area contributed by atoms with Crippen molar-refractivity contribution in [1.29, 1.82) is 0 Å². The number of hydrogen-bond acceptors (Lipinski definition) is 6. The Balaban J connectivity index is 1.56. The van der Waals surface area contributed by atoms with Gasteiger partial charge < -0.3 is 4.74 Å². The summed E-state index contributed by atoms with van der Waals surface area (Å²) in [5, 5.41) is 1.66. The maximum atomic E-state index is 13.6. The molecule has 1 saturated heterocycles. The summed E-state index contributed by atoms with van der Waals surface area (Å²) in [7, 11) is 0. The topological polar surface area (TPSA) is 57.0 Å². The van der Waals surface area contributed by atoms with Crippen LogP contribution in [0.4, 0.5) is 0 Å². The van der Waals surface area contributed by atoms with Crippen molar-refractivity contribution in [2.75, 3.05) is 6.61 Å². The smallest absolute Gasteiger partial charge is 0.263 e. The predicted molar refractivity (Wildman–Crippen MR) is 118 cm³/mol. The van der Waals surface area contributed by atoms with E-state index in [9.17, 15) is 4.79 Å². The zero-order valence-corrected chi connectivity index (χ0v) is 18.2. The van der Waals surface area contributed by atoms with Gasteiger partial charge in [0, 0.05) is 29.6 Å². The average Bonchev–Trinajstić information content (AvgIpc) is 3.36. The molecule has 1 fully saturated rings. The molecular weight excluding hydrogens is 402 g/mol. The Morgan fingerprint density at radius 2 is 2.31 bits per heavy atom. The number of hydrogen-bond donors (Lipinski definition) is 0. The second-order valence-corrected chi connectivity index (χ2v) is 10.2. The normalized spacial score (nSPS) is 21.6. The molecule has 0 amide bonds. The molecule has 0 bridgehead atoms. The number of aryl methyl sites for hydroxylation is 1. The van der Waals surface area contributed by atoms with Gasteiger partial charge in [-0.15, -0.1) is 11.3 Å². The molecule has 5 nitrogen and oxygen atoms in total. The summed E-state index contributed by atoms with van der Waals surface area (Å²) in [5.74, 6) is 1.43. The van der Waals surface area contributed by atoms with Crippen LogP contribution >= 0.6 is 23.1 Å². The first-order chi connectivity index (χ1) is 14.2. The Morgan fingerprint density at radius 1 is 1.38 bits per heavy atom. The molecule has 7 heteroatoms. The van der Waals surface area contributed by atoms with E-state index >= 15 is 0 Å². The Morgan fingerprint density at radius 3 is 3.10 bits per heavy atom. The minimum atomic E-state index is 0.110. The van der Waals surface area contributed by atoms with Gasteiger partial charge in [-0.25, -0.2) is 4.98 Å². The largest absolute Gasteiger partial charge is 0.376 e. The van der Waals surface area contributed by atoms with Crippen molar-refractivity contribution < 1.29 is 4.74 Å². The molecule has 4 heterocycles. The molecule has 3 aromatic rings. The molecule has 1 aliphatic carbocycles. The molecule has 0 N–H and O–H groups in total. The summed E-state index contributed by atoms with van der Waals surface area (Å²) in [6.07, 6.45) is 9.06. The number of aromatic nitrogens is 3. The van der Waals surface area contributed by atoms with Crippen molar-refractivity contribution in [3.63, 3.8) is 0 Å². The fraction of sp³-hybridized carbons (Fsp3) is 0.500. The molecule has 0 aromatic carbocycles. The van der Waals surface area contributed by atoms with Gasteiger partial charge in [0.05, 0.1) is 18.0 Å². The quantitative estimate of drug-likeness (QED) is 0.445. The fourth-order valence-corrected chi connectivity index (χ4v) is 6.67. The number of thiophene rings is 1. The first-order valence-corrected chi connectivity index (χ1v) is 12.2. The van der Waals surface area contributed by atoms with Gasteiger partial charge in [-0.1, -0.05) is 24.8 Å². The number of fused-ring (bicyclic) bond motifs is 3. The molecule has 5 rings (SSSR count). The highest BCUT2D eigenvalue weighted by molar-refractivity contribution is 7.98. The summed E-state index contributed by atoms with van der Waals surface area (Å²) in [5.41, 5.74) is 2.51. The minimum absolute atomic E-state index is 0.110. The molecule has 0 radical (unpaired) electrons. The summed E-state index contributed by atoms with van der Waals surface area (Å²) in [6.45, 7) is 3.68. The van der Waals surface area contributed by atoms with Gasteiger partial charge in [0.15, 0.2) is 5.16 Å². The van der Waals surface area contributed by atoms with E-state index in [-0.39, 0.29) is 11.7 Å². The molecule has 0 saturated carbocycles. The van der Waals surface area contributed by atoms with E-state index in [2.05, 4.69) is 18.0 Å². The van der Waals surface area contributed by atoms with E-state index in [0.29, 0.717) is 12.5 Å². The molecule has 152 valence electrons. The van der Waals surface area contributed by atoms with Crippen LogP contribution in [0.3, 0.4) is 0 Å². The Kier molecular flexibility index (Phi) is 5.45. The van der Waals surface area contributed by atoms with Crippen molar-refractivity contribution in [2.45, 2.75) is 62.6 Å². The lowest BCUT2D eigenvalue weighted by Crippen LogP contribution is -2.29. The van der Waals surface area contributed by atoms with Crippen molar-refractivity contribution in [3.8, 4) is 0 Å². The van der Waals surface area contributed by atoms with Crippen molar-refractivity contribution in [2.24, 2.45) is 5.92 Å². The second-order valence-electron chi connectivity index (χ2n) is 8.13. The van der Waals surface area contributed by atoms with Crippen molar-refractivity contribution >= 4 is 33.3 Å². The molecule has 29 heavy (non-hydrogen) atoms.